The summed E-state index contributed by atoms with van der Waals surface area (Å²) < 4.78 is 50.0. The highest BCUT2D eigenvalue weighted by atomic mass is 19.4. The van der Waals surface area contributed by atoms with Gasteiger partial charge in [0, 0.05) is 19.3 Å². The van der Waals surface area contributed by atoms with Crippen molar-refractivity contribution < 1.29 is 22.7 Å². The first-order chi connectivity index (χ1) is 20.1. The number of ether oxygens (including phenoxy) is 1. The number of carbonyl (C=O) groups is 1. The highest BCUT2D eigenvalue weighted by molar-refractivity contribution is 5.90. The normalized spacial score (nSPS) is 11.7. The molecule has 0 saturated carbocycles. The van der Waals surface area contributed by atoms with Gasteiger partial charge >= 0.3 is 18.0 Å². The van der Waals surface area contributed by atoms with Crippen LogP contribution in [-0.4, -0.2) is 34.6 Å². The third kappa shape index (κ3) is 5.49. The SMILES string of the molecule is CCCn1c(=O)c2c(nc(-c3cnn(Cc4cccc(C(F)(F)F)c4)c3)n2C(=O)OCc2ccccc2)n(CC)c1=O. The number of hydrogen-bond acceptors (Lipinski definition) is 6. The third-order valence-corrected chi connectivity index (χ3v) is 6.67. The molecule has 3 heterocycles. The Morgan fingerprint density at radius 1 is 0.976 bits per heavy atom. The lowest BCUT2D eigenvalue weighted by atomic mass is 10.1. The Labute approximate surface area is 237 Å². The first-order valence-corrected chi connectivity index (χ1v) is 13.3. The van der Waals surface area contributed by atoms with Crippen LogP contribution in [0.5, 0.6) is 0 Å². The molecular formula is C29H27F3N6O4. The molecule has 0 aliphatic heterocycles. The molecule has 42 heavy (non-hydrogen) atoms. The third-order valence-electron chi connectivity index (χ3n) is 6.67. The van der Waals surface area contributed by atoms with Crippen molar-refractivity contribution in [2.75, 3.05) is 0 Å². The summed E-state index contributed by atoms with van der Waals surface area (Å²) in [6, 6.07) is 13.9. The fourth-order valence-corrected chi connectivity index (χ4v) is 4.70. The second-order valence-corrected chi connectivity index (χ2v) is 9.59. The summed E-state index contributed by atoms with van der Waals surface area (Å²) in [5.41, 5.74) is -0.750. The second-order valence-electron chi connectivity index (χ2n) is 9.59. The van der Waals surface area contributed by atoms with Crippen LogP contribution in [0.25, 0.3) is 22.6 Å². The summed E-state index contributed by atoms with van der Waals surface area (Å²) in [5, 5.41) is 4.25. The molecule has 0 saturated heterocycles. The van der Waals surface area contributed by atoms with Crippen LogP contribution in [0.4, 0.5) is 18.0 Å². The molecule has 0 radical (unpaired) electrons. The zero-order valence-corrected chi connectivity index (χ0v) is 22.8. The van der Waals surface area contributed by atoms with Gasteiger partial charge in [0.2, 0.25) is 0 Å². The van der Waals surface area contributed by atoms with Gasteiger partial charge < -0.3 is 4.74 Å². The molecule has 5 rings (SSSR count). The molecule has 218 valence electrons. The van der Waals surface area contributed by atoms with Gasteiger partial charge in [0.05, 0.1) is 23.9 Å². The van der Waals surface area contributed by atoms with Gasteiger partial charge in [-0.3, -0.25) is 18.6 Å². The van der Waals surface area contributed by atoms with Gasteiger partial charge in [-0.25, -0.2) is 19.1 Å². The van der Waals surface area contributed by atoms with E-state index in [1.807, 2.05) is 13.0 Å². The smallest absolute Gasteiger partial charge is 0.420 e. The average molecular weight is 581 g/mol. The molecule has 5 aromatic rings. The van der Waals surface area contributed by atoms with Crippen LogP contribution in [0.15, 0.2) is 76.6 Å². The molecule has 0 aliphatic carbocycles. The first-order valence-electron chi connectivity index (χ1n) is 13.3. The van der Waals surface area contributed by atoms with Gasteiger partial charge in [-0.15, -0.1) is 0 Å². The molecule has 0 N–H and O–H groups in total. The number of hydrogen-bond donors (Lipinski definition) is 0. The fourth-order valence-electron chi connectivity index (χ4n) is 4.70. The van der Waals surface area contributed by atoms with Crippen LogP contribution in [0.1, 0.15) is 37.0 Å². The number of alkyl halides is 3. The molecule has 0 fully saturated rings. The van der Waals surface area contributed by atoms with Crippen LogP contribution in [0, 0.1) is 0 Å². The predicted octanol–water partition coefficient (Wildman–Crippen LogP) is 4.91. The largest absolute Gasteiger partial charge is 0.444 e. The van der Waals surface area contributed by atoms with Gasteiger partial charge in [-0.1, -0.05) is 49.4 Å². The van der Waals surface area contributed by atoms with Crippen molar-refractivity contribution in [3.05, 3.63) is 105 Å². The van der Waals surface area contributed by atoms with Crippen LogP contribution in [0.3, 0.4) is 0 Å². The Morgan fingerprint density at radius 3 is 2.40 bits per heavy atom. The Balaban J connectivity index is 1.62. The van der Waals surface area contributed by atoms with E-state index in [0.29, 0.717) is 17.5 Å². The summed E-state index contributed by atoms with van der Waals surface area (Å²) in [4.78, 5) is 44.8. The Bertz CT molecular complexity index is 1870. The minimum Gasteiger partial charge on any atom is -0.444 e. The first kappa shape index (κ1) is 28.6. The van der Waals surface area contributed by atoms with E-state index in [9.17, 15) is 27.6 Å². The molecule has 3 aromatic heterocycles. The van der Waals surface area contributed by atoms with Gasteiger partial charge in [0.15, 0.2) is 17.0 Å². The molecule has 0 atom stereocenters. The standard InChI is InChI=1S/C29H27F3N6O4/c1-3-13-37-26(39)23-25(36(4-2)27(37)40)34-24(38(23)28(41)42-18-19-9-6-5-7-10-19)21-15-33-35(17-21)16-20-11-8-12-22(14-20)29(30,31)32/h5-12,14-15,17H,3-4,13,16,18H2,1-2H3. The Kier molecular flexibility index (Phi) is 7.83. The number of nitrogens with zero attached hydrogens (tertiary/aromatic N) is 6. The number of fused-ring (bicyclic) bond motifs is 1. The van der Waals surface area contributed by atoms with E-state index in [-0.39, 0.29) is 43.2 Å². The van der Waals surface area contributed by atoms with Crippen molar-refractivity contribution in [2.24, 2.45) is 0 Å². The van der Waals surface area contributed by atoms with Crippen molar-refractivity contribution in [2.45, 2.75) is 52.7 Å². The quantitative estimate of drug-likeness (QED) is 0.258. The number of aryl methyl sites for hydroxylation is 1. The van der Waals surface area contributed by atoms with Gasteiger partial charge in [0.1, 0.15) is 6.61 Å². The van der Waals surface area contributed by atoms with Gasteiger partial charge in [-0.2, -0.15) is 18.3 Å². The van der Waals surface area contributed by atoms with Crippen LogP contribution in [0.2, 0.25) is 0 Å². The molecule has 0 bridgehead atoms. The highest BCUT2D eigenvalue weighted by Gasteiger charge is 2.30. The van der Waals surface area contributed by atoms with E-state index in [0.717, 1.165) is 26.8 Å². The van der Waals surface area contributed by atoms with Crippen molar-refractivity contribution in [3.63, 3.8) is 0 Å². The average Bonchev–Trinajstić information content (AvgIpc) is 3.60. The monoisotopic (exact) mass is 580 g/mol. The minimum absolute atomic E-state index is 0.00553. The predicted molar refractivity (Wildman–Crippen MR) is 148 cm³/mol. The maximum Gasteiger partial charge on any atom is 0.420 e. The van der Waals surface area contributed by atoms with E-state index in [2.05, 4.69) is 10.1 Å². The molecular weight excluding hydrogens is 553 g/mol. The maximum absolute atomic E-state index is 13.6. The van der Waals surface area contributed by atoms with E-state index in [1.54, 1.807) is 37.3 Å². The molecule has 0 spiro atoms. The van der Waals surface area contributed by atoms with Crippen LogP contribution in [-0.2, 0) is 37.2 Å². The Hall–Kier alpha value is -4.94. The number of aromatic nitrogens is 6. The van der Waals surface area contributed by atoms with E-state index >= 15 is 0 Å². The zero-order chi connectivity index (χ0) is 30.0. The van der Waals surface area contributed by atoms with Crippen molar-refractivity contribution in [1.29, 1.82) is 0 Å². The summed E-state index contributed by atoms with van der Waals surface area (Å²) >= 11 is 0. The number of imidazole rings is 1. The van der Waals surface area contributed by atoms with E-state index in [1.165, 1.54) is 27.7 Å². The van der Waals surface area contributed by atoms with E-state index in [4.69, 9.17) is 4.74 Å². The maximum atomic E-state index is 13.6. The van der Waals surface area contributed by atoms with Crippen molar-refractivity contribution >= 4 is 17.3 Å². The molecule has 0 amide bonds. The number of halogens is 3. The Morgan fingerprint density at radius 2 is 1.71 bits per heavy atom. The lowest BCUT2D eigenvalue weighted by Gasteiger charge is -2.11. The van der Waals surface area contributed by atoms with Crippen LogP contribution < -0.4 is 11.2 Å². The van der Waals surface area contributed by atoms with Crippen molar-refractivity contribution in [1.82, 2.24) is 28.5 Å². The second kappa shape index (κ2) is 11.5. The molecule has 0 unspecified atom stereocenters. The molecule has 10 nitrogen and oxygen atoms in total. The number of benzene rings is 2. The number of rotatable bonds is 8. The molecule has 13 heteroatoms. The number of carbonyl (C=O) groups excluding carboxylic acids is 1. The lowest BCUT2D eigenvalue weighted by molar-refractivity contribution is -0.137. The summed E-state index contributed by atoms with van der Waals surface area (Å²) in [7, 11) is 0. The zero-order valence-electron chi connectivity index (χ0n) is 22.8. The van der Waals surface area contributed by atoms with E-state index < -0.39 is 29.1 Å². The molecule has 2 aromatic carbocycles. The fraction of sp³-hybridized carbons (Fsp3) is 0.276. The summed E-state index contributed by atoms with van der Waals surface area (Å²) in [6.07, 6.45) is -1.98. The van der Waals surface area contributed by atoms with Crippen LogP contribution >= 0.6 is 0 Å². The van der Waals surface area contributed by atoms with Gasteiger partial charge in [-0.05, 0) is 36.6 Å². The van der Waals surface area contributed by atoms with Gasteiger partial charge in [0.25, 0.3) is 5.56 Å². The van der Waals surface area contributed by atoms with Crippen molar-refractivity contribution in [3.8, 4) is 11.4 Å². The topological polar surface area (TPSA) is 106 Å². The lowest BCUT2D eigenvalue weighted by Crippen LogP contribution is -2.40. The summed E-state index contributed by atoms with van der Waals surface area (Å²) in [6.45, 7) is 3.80. The summed E-state index contributed by atoms with van der Waals surface area (Å²) in [5.74, 6) is 0.00584. The minimum atomic E-state index is -4.49. The highest BCUT2D eigenvalue weighted by Crippen LogP contribution is 2.30. The molecule has 0 aliphatic rings.